The number of aliphatic hydroxyl groups is 1. The zero-order valence-corrected chi connectivity index (χ0v) is 17.5. The van der Waals surface area contributed by atoms with Crippen LogP contribution in [0.3, 0.4) is 0 Å². The second-order valence-corrected chi connectivity index (χ2v) is 7.66. The van der Waals surface area contributed by atoms with Crippen LogP contribution in [0, 0.1) is 0 Å². The molecule has 0 bridgehead atoms. The number of aliphatic hydroxyl groups excluding tert-OH is 1. The molecule has 4 aromatic rings. The number of fused-ring (bicyclic) bond motifs is 3. The molecule has 1 saturated heterocycles. The number of likely N-dealkylation sites (tertiary alicyclic amines) is 1. The van der Waals surface area contributed by atoms with Crippen molar-refractivity contribution in [2.75, 3.05) is 20.8 Å². The quantitative estimate of drug-likeness (QED) is 0.525. The maximum absolute atomic E-state index is 12.3. The van der Waals surface area contributed by atoms with E-state index in [9.17, 15) is 9.90 Å². The normalized spacial score (nSPS) is 18.8. The molecule has 0 spiro atoms. The first-order valence-corrected chi connectivity index (χ1v) is 10.0. The van der Waals surface area contributed by atoms with E-state index in [1.54, 1.807) is 25.3 Å². The number of nitrogens with zero attached hydrogens (tertiary/aromatic N) is 4. The summed E-state index contributed by atoms with van der Waals surface area (Å²) < 4.78 is 12.9. The van der Waals surface area contributed by atoms with Gasteiger partial charge in [-0.15, -0.1) is 0 Å². The maximum atomic E-state index is 12.3. The van der Waals surface area contributed by atoms with Gasteiger partial charge in [-0.25, -0.2) is 9.97 Å². The van der Waals surface area contributed by atoms with E-state index in [-0.39, 0.29) is 11.9 Å². The summed E-state index contributed by atoms with van der Waals surface area (Å²) in [5.41, 5.74) is 3.94. The number of aromatic nitrogens is 4. The van der Waals surface area contributed by atoms with Gasteiger partial charge in [0.2, 0.25) is 5.91 Å². The number of ether oxygens (including phenoxy) is 2. The number of amides is 1. The van der Waals surface area contributed by atoms with Crippen LogP contribution in [0.25, 0.3) is 27.9 Å². The molecule has 0 aliphatic carbocycles. The Morgan fingerprint density at radius 3 is 2.74 bits per heavy atom. The Morgan fingerprint density at radius 2 is 2.00 bits per heavy atom. The number of carbonyl (C=O) groups excluding carboxylic acids is 1. The molecule has 1 aliphatic rings. The Balaban J connectivity index is 1.77. The van der Waals surface area contributed by atoms with Gasteiger partial charge >= 0.3 is 0 Å². The maximum Gasteiger partial charge on any atom is 0.220 e. The average molecular weight is 421 g/mol. The summed E-state index contributed by atoms with van der Waals surface area (Å²) in [7, 11) is 3.18. The molecule has 31 heavy (non-hydrogen) atoms. The summed E-state index contributed by atoms with van der Waals surface area (Å²) in [6.07, 6.45) is 3.43. The molecule has 5 rings (SSSR count). The highest BCUT2D eigenvalue weighted by atomic mass is 16.5. The molecule has 9 heteroatoms. The van der Waals surface area contributed by atoms with Gasteiger partial charge < -0.3 is 24.5 Å². The molecule has 2 unspecified atom stereocenters. The molecule has 2 atom stereocenters. The van der Waals surface area contributed by atoms with Gasteiger partial charge in [-0.2, -0.15) is 0 Å². The van der Waals surface area contributed by atoms with Crippen LogP contribution in [0.5, 0.6) is 11.5 Å². The van der Waals surface area contributed by atoms with Crippen molar-refractivity contribution in [3.63, 3.8) is 0 Å². The predicted octanol–water partition coefficient (Wildman–Crippen LogP) is 2.55. The van der Waals surface area contributed by atoms with Crippen molar-refractivity contribution >= 4 is 22.6 Å². The average Bonchev–Trinajstić information content (AvgIpc) is 3.48. The Kier molecular flexibility index (Phi) is 4.55. The summed E-state index contributed by atoms with van der Waals surface area (Å²) in [6, 6.07) is 7.22. The monoisotopic (exact) mass is 421 g/mol. The van der Waals surface area contributed by atoms with Gasteiger partial charge in [0.05, 0.1) is 49.3 Å². The number of rotatable bonds is 4. The Bertz CT molecular complexity index is 1290. The SMILES string of the molecule is COc1ccc(-c2nc(C3CC(O)CN3C(C)=O)n3c2cnc2[nH]ccc23)cc1OC. The molecule has 1 fully saturated rings. The fraction of sp³-hybridized carbons (Fsp3) is 0.318. The molecule has 4 heterocycles. The first-order chi connectivity index (χ1) is 15.0. The summed E-state index contributed by atoms with van der Waals surface area (Å²) >= 11 is 0. The molecular weight excluding hydrogens is 398 g/mol. The zero-order chi connectivity index (χ0) is 21.7. The molecule has 0 saturated carbocycles. The Labute approximate surface area is 178 Å². The predicted molar refractivity (Wildman–Crippen MR) is 114 cm³/mol. The number of imidazole rings is 1. The highest BCUT2D eigenvalue weighted by Gasteiger charge is 2.37. The molecule has 1 aliphatic heterocycles. The minimum atomic E-state index is -0.589. The third-order valence-corrected chi connectivity index (χ3v) is 5.84. The Morgan fingerprint density at radius 1 is 1.19 bits per heavy atom. The van der Waals surface area contributed by atoms with Crippen LogP contribution in [-0.4, -0.2) is 62.1 Å². The minimum Gasteiger partial charge on any atom is -0.493 e. The fourth-order valence-corrected chi connectivity index (χ4v) is 4.41. The zero-order valence-electron chi connectivity index (χ0n) is 17.5. The van der Waals surface area contributed by atoms with E-state index in [0.717, 1.165) is 27.9 Å². The number of H-pyrrole nitrogens is 1. The van der Waals surface area contributed by atoms with Crippen LogP contribution >= 0.6 is 0 Å². The third-order valence-electron chi connectivity index (χ3n) is 5.84. The van der Waals surface area contributed by atoms with Crippen molar-refractivity contribution in [3.05, 3.63) is 42.5 Å². The third kappa shape index (κ3) is 3.00. The van der Waals surface area contributed by atoms with Crippen LogP contribution in [-0.2, 0) is 4.79 Å². The Hall–Kier alpha value is -3.59. The molecule has 160 valence electrons. The van der Waals surface area contributed by atoms with Gasteiger partial charge in [0.1, 0.15) is 5.82 Å². The molecule has 9 nitrogen and oxygen atoms in total. The summed E-state index contributed by atoms with van der Waals surface area (Å²) in [5, 5.41) is 10.3. The summed E-state index contributed by atoms with van der Waals surface area (Å²) in [4.78, 5) is 26.6. The van der Waals surface area contributed by atoms with Gasteiger partial charge in [-0.1, -0.05) is 0 Å². The van der Waals surface area contributed by atoms with Crippen molar-refractivity contribution in [3.8, 4) is 22.8 Å². The van der Waals surface area contributed by atoms with Crippen LogP contribution in [0.4, 0.5) is 0 Å². The number of β-amino-alcohol motifs (C(OH)–C–C–N with tert-alkyl or cyclic N) is 1. The number of hydrogen-bond donors (Lipinski definition) is 2. The second-order valence-electron chi connectivity index (χ2n) is 7.66. The van der Waals surface area contributed by atoms with Gasteiger partial charge in [0.25, 0.3) is 0 Å². The van der Waals surface area contributed by atoms with Crippen molar-refractivity contribution in [1.29, 1.82) is 0 Å². The van der Waals surface area contributed by atoms with Gasteiger partial charge in [-0.3, -0.25) is 9.20 Å². The van der Waals surface area contributed by atoms with Crippen molar-refractivity contribution in [1.82, 2.24) is 24.3 Å². The lowest BCUT2D eigenvalue weighted by Gasteiger charge is -2.22. The number of methoxy groups -OCH3 is 2. The van der Waals surface area contributed by atoms with E-state index in [0.29, 0.717) is 30.3 Å². The molecule has 3 aromatic heterocycles. The first-order valence-electron chi connectivity index (χ1n) is 10.0. The van der Waals surface area contributed by atoms with Gasteiger partial charge in [0, 0.05) is 31.6 Å². The van der Waals surface area contributed by atoms with E-state index in [2.05, 4.69) is 9.97 Å². The van der Waals surface area contributed by atoms with Crippen molar-refractivity contribution in [2.45, 2.75) is 25.5 Å². The number of carbonyl (C=O) groups is 1. The van der Waals surface area contributed by atoms with Gasteiger partial charge in [-0.05, 0) is 24.3 Å². The number of benzene rings is 1. The van der Waals surface area contributed by atoms with Crippen molar-refractivity contribution in [2.24, 2.45) is 0 Å². The topological polar surface area (TPSA) is 105 Å². The highest BCUT2D eigenvalue weighted by Crippen LogP contribution is 2.38. The molecule has 1 amide bonds. The lowest BCUT2D eigenvalue weighted by atomic mass is 10.1. The summed E-state index contributed by atoms with van der Waals surface area (Å²) in [5.74, 6) is 1.83. The minimum absolute atomic E-state index is 0.0923. The van der Waals surface area contributed by atoms with E-state index in [1.807, 2.05) is 34.9 Å². The lowest BCUT2D eigenvalue weighted by Crippen LogP contribution is -2.30. The lowest BCUT2D eigenvalue weighted by molar-refractivity contribution is -0.130. The van der Waals surface area contributed by atoms with Crippen LogP contribution in [0.15, 0.2) is 36.7 Å². The van der Waals surface area contributed by atoms with E-state index in [4.69, 9.17) is 14.5 Å². The molecule has 1 aromatic carbocycles. The number of nitrogens with one attached hydrogen (secondary N) is 1. The smallest absolute Gasteiger partial charge is 0.220 e. The van der Waals surface area contributed by atoms with Crippen LogP contribution in [0.2, 0.25) is 0 Å². The van der Waals surface area contributed by atoms with Crippen LogP contribution in [0.1, 0.15) is 25.2 Å². The first kappa shape index (κ1) is 19.4. The van der Waals surface area contributed by atoms with E-state index >= 15 is 0 Å². The molecule has 0 radical (unpaired) electrons. The largest absolute Gasteiger partial charge is 0.493 e. The van der Waals surface area contributed by atoms with Gasteiger partial charge in [0.15, 0.2) is 17.1 Å². The second kappa shape index (κ2) is 7.28. The standard InChI is InChI=1S/C22H23N5O4/c1-12(28)26-11-14(29)9-16(26)22-25-20(13-4-5-18(30-2)19(8-13)31-3)17-10-24-21-15(27(17)22)6-7-23-21/h4-8,10,14,16,23,29H,9,11H2,1-3H3. The van der Waals surface area contributed by atoms with Crippen LogP contribution < -0.4 is 9.47 Å². The number of aromatic amines is 1. The van der Waals surface area contributed by atoms with E-state index < -0.39 is 6.10 Å². The molecule has 2 N–H and O–H groups in total. The van der Waals surface area contributed by atoms with Crippen molar-refractivity contribution < 1.29 is 19.4 Å². The molecular formula is C22H23N5O4. The number of hydrogen-bond acceptors (Lipinski definition) is 6. The highest BCUT2D eigenvalue weighted by molar-refractivity contribution is 5.85. The summed E-state index contributed by atoms with van der Waals surface area (Å²) in [6.45, 7) is 1.81. The fourth-order valence-electron chi connectivity index (χ4n) is 4.41. The van der Waals surface area contributed by atoms with E-state index in [1.165, 1.54) is 6.92 Å².